The number of fused-ring (bicyclic) bond motifs is 2. The zero-order valence-electron chi connectivity index (χ0n) is 46.9. The van der Waals surface area contributed by atoms with E-state index >= 15 is 0 Å². The van der Waals surface area contributed by atoms with Crippen molar-refractivity contribution in [1.29, 1.82) is 0 Å². The first kappa shape index (κ1) is 54.3. The molecule has 10 aliphatic rings. The van der Waals surface area contributed by atoms with Crippen molar-refractivity contribution in [1.82, 2.24) is 14.8 Å². The maximum absolute atomic E-state index is 13.4. The van der Waals surface area contributed by atoms with Gasteiger partial charge in [0, 0.05) is 66.2 Å². The molecule has 8 bridgehead atoms. The van der Waals surface area contributed by atoms with E-state index in [-0.39, 0.29) is 39.9 Å². The summed E-state index contributed by atoms with van der Waals surface area (Å²) in [5.41, 5.74) is 8.29. The van der Waals surface area contributed by atoms with E-state index in [1.807, 2.05) is 61.9 Å². The third-order valence-electron chi connectivity index (χ3n) is 19.4. The molecular formula is C63H88N6O7. The highest BCUT2D eigenvalue weighted by Gasteiger charge is 2.61. The number of carbonyl (C=O) groups excluding carboxylic acids is 3. The second-order valence-electron chi connectivity index (χ2n) is 28.6. The molecule has 4 atom stereocenters. The van der Waals surface area contributed by atoms with Crippen LogP contribution >= 0.6 is 0 Å². The number of ether oxygens (including phenoxy) is 1. The summed E-state index contributed by atoms with van der Waals surface area (Å²) in [5.74, 6) is 2.87. The number of hydrogen-bond donors (Lipinski definition) is 4. The molecule has 13 heteroatoms. The lowest BCUT2D eigenvalue weighted by Crippen LogP contribution is -2.55. The van der Waals surface area contributed by atoms with E-state index in [1.165, 1.54) is 83.3 Å². The number of nitrogens with zero attached hydrogens (tertiary/aromatic N) is 2. The smallest absolute Gasteiger partial charge is 0.410 e. The summed E-state index contributed by atoms with van der Waals surface area (Å²) in [6.45, 7) is 20.6. The Morgan fingerprint density at radius 3 is 1.64 bits per heavy atom. The van der Waals surface area contributed by atoms with Crippen LogP contribution in [0, 0.1) is 56.2 Å². The molecule has 0 spiro atoms. The van der Waals surface area contributed by atoms with Gasteiger partial charge >= 0.3 is 11.7 Å². The molecule has 8 saturated carbocycles. The highest BCUT2D eigenvalue weighted by Crippen LogP contribution is 2.71. The standard InChI is InChI=1S/C29H39N3O2.C23H27NO3.C11H22N2O2/c1-27-12-21-13-28(2,17-27)19-29(14-21,18-27)15-25(33)31-24-5-3-4-23-22(24)8-11-32(26(23)34)16-20-6-9-30-10-7-20;1-21-8-15-9-22(2,12-21)14-23(10-15,13-21)11-19(25)24-18-5-3-4-17-16(18)6-7-27-20(17)26;1-11(2,3)15-10(14)13-6-4-9(8-12)5-7-13/h3-5,8,11,20-21,30H,6-7,9-10,12-19H2,1-2H3,(H,31,33);3-7,15H,8-14H2,1-2H3,(H,24,25);9H,4-8,12H2,1-3H3. The molecule has 412 valence electrons. The lowest BCUT2D eigenvalue weighted by atomic mass is 9.40. The van der Waals surface area contributed by atoms with Gasteiger partial charge in [0.1, 0.15) is 5.60 Å². The molecule has 4 unspecified atom stereocenters. The number of rotatable bonds is 9. The minimum Gasteiger partial charge on any atom is -0.444 e. The Hall–Kier alpha value is -5.01. The zero-order chi connectivity index (χ0) is 53.9. The van der Waals surface area contributed by atoms with Crippen molar-refractivity contribution in [2.45, 2.75) is 176 Å². The Labute approximate surface area is 450 Å². The van der Waals surface area contributed by atoms with Gasteiger partial charge in [-0.25, -0.2) is 9.59 Å². The maximum Gasteiger partial charge on any atom is 0.410 e. The normalized spacial score (nSPS) is 32.6. The van der Waals surface area contributed by atoms with Crippen LogP contribution in [0.1, 0.15) is 164 Å². The predicted molar refractivity (Wildman–Crippen MR) is 302 cm³/mol. The number of likely N-dealkylation sites (tertiary alicyclic amines) is 1. The van der Waals surface area contributed by atoms with Gasteiger partial charge in [0.15, 0.2) is 0 Å². The fourth-order valence-electron chi connectivity index (χ4n) is 18.7. The Bertz CT molecular complexity index is 2900. The molecule has 13 nitrogen and oxygen atoms in total. The molecule has 4 heterocycles. The van der Waals surface area contributed by atoms with Crippen LogP contribution in [-0.2, 0) is 20.9 Å². The summed E-state index contributed by atoms with van der Waals surface area (Å²) in [4.78, 5) is 65.0. The lowest BCUT2D eigenvalue weighted by molar-refractivity contribution is -0.154. The van der Waals surface area contributed by atoms with Gasteiger partial charge in [-0.3, -0.25) is 14.4 Å². The minimum absolute atomic E-state index is 0.0501. The first-order valence-corrected chi connectivity index (χ1v) is 29.0. The monoisotopic (exact) mass is 1040 g/mol. The number of hydrogen-bond acceptors (Lipinski definition) is 9. The van der Waals surface area contributed by atoms with Crippen molar-refractivity contribution >= 4 is 50.8 Å². The van der Waals surface area contributed by atoms with Crippen LogP contribution < -0.4 is 32.9 Å². The van der Waals surface area contributed by atoms with Crippen LogP contribution in [0.3, 0.4) is 0 Å². The fourth-order valence-corrected chi connectivity index (χ4v) is 18.7. The molecule has 10 fully saturated rings. The first-order chi connectivity index (χ1) is 35.9. The van der Waals surface area contributed by atoms with Crippen molar-refractivity contribution in [3.63, 3.8) is 0 Å². The Balaban J connectivity index is 0.000000140. The van der Waals surface area contributed by atoms with E-state index in [1.54, 1.807) is 23.1 Å². The number of nitrogens with one attached hydrogen (secondary N) is 3. The average Bonchev–Trinajstić information content (AvgIpc) is 3.43. The molecular weight excluding hydrogens is 953 g/mol. The van der Waals surface area contributed by atoms with Gasteiger partial charge in [-0.15, -0.1) is 0 Å². The number of piperidine rings is 2. The number of benzene rings is 2. The quantitative estimate of drug-likeness (QED) is 0.127. The van der Waals surface area contributed by atoms with Gasteiger partial charge in [0.25, 0.3) is 5.56 Å². The van der Waals surface area contributed by atoms with Crippen LogP contribution in [0.4, 0.5) is 16.2 Å². The molecule has 2 aromatic carbocycles. The summed E-state index contributed by atoms with van der Waals surface area (Å²) < 4.78 is 12.1. The topological polar surface area (TPSA) is 178 Å². The number of nitrogens with two attached hydrogens (primary N) is 1. The third kappa shape index (κ3) is 12.0. The van der Waals surface area contributed by atoms with E-state index in [4.69, 9.17) is 14.9 Å². The average molecular weight is 1040 g/mol. The summed E-state index contributed by atoms with van der Waals surface area (Å²) in [6, 6.07) is 14.9. The number of carbonyl (C=O) groups is 3. The first-order valence-electron chi connectivity index (χ1n) is 29.0. The lowest BCUT2D eigenvalue weighted by Gasteiger charge is -2.65. The van der Waals surface area contributed by atoms with Gasteiger partial charge in [-0.05, 0) is 236 Å². The van der Waals surface area contributed by atoms with E-state index in [9.17, 15) is 24.0 Å². The molecule has 4 aromatic rings. The van der Waals surface area contributed by atoms with E-state index < -0.39 is 5.60 Å². The molecule has 2 aliphatic heterocycles. The molecule has 2 aromatic heterocycles. The van der Waals surface area contributed by atoms with Crippen LogP contribution in [0.5, 0.6) is 0 Å². The van der Waals surface area contributed by atoms with Gasteiger partial charge < -0.3 is 40.3 Å². The number of amides is 3. The number of anilines is 2. The highest BCUT2D eigenvalue weighted by atomic mass is 16.6. The molecule has 8 aliphatic carbocycles. The number of aromatic nitrogens is 1. The van der Waals surface area contributed by atoms with E-state index in [0.29, 0.717) is 62.8 Å². The molecule has 5 N–H and O–H groups in total. The predicted octanol–water partition coefficient (Wildman–Crippen LogP) is 12.0. The van der Waals surface area contributed by atoms with E-state index in [0.717, 1.165) is 93.2 Å². The molecule has 3 amide bonds. The number of pyridine rings is 1. The molecule has 0 radical (unpaired) electrons. The zero-order valence-corrected chi connectivity index (χ0v) is 46.9. The van der Waals surface area contributed by atoms with Crippen LogP contribution in [0.2, 0.25) is 0 Å². The summed E-state index contributed by atoms with van der Waals surface area (Å²) >= 11 is 0. The van der Waals surface area contributed by atoms with Gasteiger partial charge in [0.2, 0.25) is 11.8 Å². The van der Waals surface area contributed by atoms with Gasteiger partial charge in [-0.2, -0.15) is 0 Å². The van der Waals surface area contributed by atoms with E-state index in [2.05, 4.69) is 43.6 Å². The van der Waals surface area contributed by atoms with Crippen molar-refractivity contribution in [3.8, 4) is 0 Å². The van der Waals surface area contributed by atoms with Gasteiger partial charge in [0.05, 0.1) is 11.6 Å². The largest absolute Gasteiger partial charge is 0.444 e. The third-order valence-corrected chi connectivity index (χ3v) is 19.4. The molecule has 14 rings (SSSR count). The SMILES string of the molecule is CC(C)(C)OC(=O)N1CCC(CN)CC1.CC12CC3CC(C)(C1)CC(CC(=O)Nc1cccc4c(=O)n(CC5CCNCC5)ccc14)(C3)C2.CC12CC3CC(C)(C1)CC(CC(=O)Nc1cccc4c(=O)occc14)(C3)C2. The minimum atomic E-state index is -0.401. The summed E-state index contributed by atoms with van der Waals surface area (Å²) in [7, 11) is 0. The summed E-state index contributed by atoms with van der Waals surface area (Å²) in [5, 5.41) is 12.5. The van der Waals surface area contributed by atoms with Crippen molar-refractivity contribution < 1.29 is 23.5 Å². The highest BCUT2D eigenvalue weighted by molar-refractivity contribution is 6.03. The van der Waals surface area contributed by atoms with Crippen LogP contribution in [-0.4, -0.2) is 65.7 Å². The second-order valence-corrected chi connectivity index (χ2v) is 28.6. The second kappa shape index (κ2) is 20.7. The molecule has 2 saturated heterocycles. The maximum atomic E-state index is 13.4. The molecule has 76 heavy (non-hydrogen) atoms. The van der Waals surface area contributed by atoms with Crippen molar-refractivity contribution in [2.75, 3.05) is 43.4 Å². The van der Waals surface area contributed by atoms with Crippen molar-refractivity contribution in [2.24, 2.45) is 61.9 Å². The fraction of sp³-hybridized carbons (Fsp3) is 0.667. The van der Waals surface area contributed by atoms with Gasteiger partial charge in [-0.1, -0.05) is 39.8 Å². The summed E-state index contributed by atoms with van der Waals surface area (Å²) in [6.07, 6.45) is 23.7. The van der Waals surface area contributed by atoms with Crippen LogP contribution in [0.15, 0.2) is 75.0 Å². The van der Waals surface area contributed by atoms with Crippen LogP contribution in [0.25, 0.3) is 21.5 Å². The Morgan fingerprint density at radius 1 is 0.658 bits per heavy atom. The Kier molecular flexibility index (Phi) is 14.8. The van der Waals surface area contributed by atoms with Crippen molar-refractivity contribution in [3.05, 3.63) is 81.8 Å². The Morgan fingerprint density at radius 2 is 1.16 bits per heavy atom.